The zero-order chi connectivity index (χ0) is 26.6. The highest BCUT2D eigenvalue weighted by Gasteiger charge is 2.20. The summed E-state index contributed by atoms with van der Waals surface area (Å²) in [5.74, 6) is -1.09. The van der Waals surface area contributed by atoms with Crippen LogP contribution in [-0.4, -0.2) is 36.2 Å². The number of carbonyl (C=O) groups is 2. The van der Waals surface area contributed by atoms with Crippen molar-refractivity contribution in [1.82, 2.24) is 9.78 Å². The number of rotatable bonds is 8. The van der Waals surface area contributed by atoms with Crippen LogP contribution in [0, 0.1) is 25.2 Å². The maximum absolute atomic E-state index is 12.4. The Labute approximate surface area is 213 Å². The number of nitriles is 1. The van der Waals surface area contributed by atoms with E-state index in [4.69, 9.17) is 26.7 Å². The van der Waals surface area contributed by atoms with Gasteiger partial charge in [0.25, 0.3) is 5.91 Å². The second-order valence-corrected chi connectivity index (χ2v) is 10.00. The minimum Gasteiger partial charge on any atom is -0.453 e. The first kappa shape index (κ1) is 26.9. The van der Waals surface area contributed by atoms with Gasteiger partial charge in [0.15, 0.2) is 6.10 Å². The maximum Gasteiger partial charge on any atom is 0.306 e. The van der Waals surface area contributed by atoms with E-state index in [9.17, 15) is 18.0 Å². The van der Waals surface area contributed by atoms with Crippen LogP contribution in [0.5, 0.6) is 0 Å². The minimum atomic E-state index is -3.80. The molecule has 1 aromatic heterocycles. The number of benzene rings is 2. The number of hydrogen-bond donors (Lipinski definition) is 2. The number of halogens is 1. The number of hydrogen-bond acceptors (Lipinski definition) is 7. The van der Waals surface area contributed by atoms with Crippen molar-refractivity contribution in [2.45, 2.75) is 44.6 Å². The molecule has 0 aliphatic carbocycles. The molecule has 1 unspecified atom stereocenters. The Bertz CT molecular complexity index is 1460. The van der Waals surface area contributed by atoms with E-state index < -0.39 is 28.0 Å². The fourth-order valence-electron chi connectivity index (χ4n) is 3.53. The van der Waals surface area contributed by atoms with Crippen molar-refractivity contribution in [2.75, 3.05) is 5.32 Å². The summed E-state index contributed by atoms with van der Waals surface area (Å²) in [5, 5.41) is 21.4. The summed E-state index contributed by atoms with van der Waals surface area (Å²) in [6.45, 7) is 5.10. The number of primary sulfonamides is 1. The van der Waals surface area contributed by atoms with E-state index in [2.05, 4.69) is 10.4 Å². The standard InChI is InChI=1S/C24H24ClN5O5S/c1-14-21(15(2)30(29-14)19-6-8-20(9-7-19)36(27,33)34)10-11-23(31)35-16(3)24(32)28-18-5-4-17(13-26)22(25)12-18/h4-9,12,16H,10-11H2,1-3H3,(H,28,32)(H2,27,33,34). The Kier molecular flexibility index (Phi) is 8.14. The fraction of sp³-hybridized carbons (Fsp3) is 0.250. The van der Waals surface area contributed by atoms with Crippen LogP contribution in [0.15, 0.2) is 47.4 Å². The molecule has 3 aromatic rings. The van der Waals surface area contributed by atoms with Gasteiger partial charge in [-0.2, -0.15) is 10.4 Å². The van der Waals surface area contributed by atoms with Gasteiger partial charge in [0.1, 0.15) is 6.07 Å². The first-order valence-electron chi connectivity index (χ1n) is 10.8. The molecule has 0 aliphatic heterocycles. The Balaban J connectivity index is 1.60. The van der Waals surface area contributed by atoms with Crippen LogP contribution in [0.1, 0.15) is 35.9 Å². The lowest BCUT2D eigenvalue weighted by molar-refractivity contribution is -0.153. The number of nitrogens with zero attached hydrogens (tertiary/aromatic N) is 3. The van der Waals surface area contributed by atoms with Gasteiger partial charge in [-0.05, 0) is 75.2 Å². The van der Waals surface area contributed by atoms with Crippen molar-refractivity contribution >= 4 is 39.2 Å². The van der Waals surface area contributed by atoms with Gasteiger partial charge in [0.05, 0.1) is 26.9 Å². The molecule has 1 heterocycles. The van der Waals surface area contributed by atoms with Crippen LogP contribution in [0.25, 0.3) is 5.69 Å². The monoisotopic (exact) mass is 529 g/mol. The van der Waals surface area contributed by atoms with Crippen molar-refractivity contribution < 1.29 is 22.7 Å². The molecule has 3 N–H and O–H groups in total. The van der Waals surface area contributed by atoms with E-state index in [0.29, 0.717) is 23.5 Å². The average Bonchev–Trinajstić information content (AvgIpc) is 3.10. The van der Waals surface area contributed by atoms with Gasteiger partial charge in [0, 0.05) is 17.8 Å². The highest BCUT2D eigenvalue weighted by molar-refractivity contribution is 7.89. The Hall–Kier alpha value is -3.72. The van der Waals surface area contributed by atoms with E-state index in [1.807, 2.05) is 19.9 Å². The van der Waals surface area contributed by atoms with Crippen molar-refractivity contribution in [3.63, 3.8) is 0 Å². The molecule has 0 saturated carbocycles. The smallest absolute Gasteiger partial charge is 0.306 e. The van der Waals surface area contributed by atoms with Gasteiger partial charge in [-0.25, -0.2) is 18.2 Å². The molecule has 0 bridgehead atoms. The lowest BCUT2D eigenvalue weighted by Crippen LogP contribution is -2.30. The summed E-state index contributed by atoms with van der Waals surface area (Å²) < 4.78 is 29.9. The summed E-state index contributed by atoms with van der Waals surface area (Å²) in [6, 6.07) is 12.4. The van der Waals surface area contributed by atoms with Crippen molar-refractivity contribution in [1.29, 1.82) is 5.26 Å². The van der Waals surface area contributed by atoms with E-state index in [1.165, 1.54) is 37.3 Å². The molecule has 10 nitrogen and oxygen atoms in total. The summed E-state index contributed by atoms with van der Waals surface area (Å²) >= 11 is 5.97. The van der Waals surface area contributed by atoms with E-state index >= 15 is 0 Å². The van der Waals surface area contributed by atoms with Crippen LogP contribution in [0.3, 0.4) is 0 Å². The number of anilines is 1. The predicted molar refractivity (Wildman–Crippen MR) is 133 cm³/mol. The van der Waals surface area contributed by atoms with Gasteiger partial charge >= 0.3 is 5.97 Å². The summed E-state index contributed by atoms with van der Waals surface area (Å²) in [5.41, 5.74) is 3.63. The highest BCUT2D eigenvalue weighted by atomic mass is 35.5. The first-order chi connectivity index (χ1) is 16.9. The Morgan fingerprint density at radius 2 is 1.89 bits per heavy atom. The molecule has 3 rings (SSSR count). The molecular formula is C24H24ClN5O5S. The van der Waals surface area contributed by atoms with Crippen LogP contribution in [0.4, 0.5) is 5.69 Å². The van der Waals surface area contributed by atoms with Gasteiger partial charge < -0.3 is 10.1 Å². The van der Waals surface area contributed by atoms with Gasteiger partial charge in [-0.3, -0.25) is 9.59 Å². The topological polar surface area (TPSA) is 157 Å². The summed E-state index contributed by atoms with van der Waals surface area (Å²) in [6.07, 6.45) is -0.683. The highest BCUT2D eigenvalue weighted by Crippen LogP contribution is 2.22. The minimum absolute atomic E-state index is 0.00353. The number of carbonyl (C=O) groups excluding carboxylic acids is 2. The lowest BCUT2D eigenvalue weighted by atomic mass is 10.1. The van der Waals surface area contributed by atoms with Crippen LogP contribution < -0.4 is 10.5 Å². The number of aryl methyl sites for hydroxylation is 1. The molecule has 12 heteroatoms. The predicted octanol–water partition coefficient (Wildman–Crippen LogP) is 3.16. The molecule has 0 aliphatic rings. The number of nitrogens with one attached hydrogen (secondary N) is 1. The molecule has 0 spiro atoms. The van der Waals surface area contributed by atoms with Crippen LogP contribution in [-0.2, 0) is 30.8 Å². The largest absolute Gasteiger partial charge is 0.453 e. The lowest BCUT2D eigenvalue weighted by Gasteiger charge is -2.14. The molecule has 1 amide bonds. The molecule has 1 atom stereocenters. The molecule has 0 fully saturated rings. The number of esters is 1. The number of ether oxygens (including phenoxy) is 1. The third-order valence-corrected chi connectivity index (χ3v) is 6.71. The number of amides is 1. The summed E-state index contributed by atoms with van der Waals surface area (Å²) in [4.78, 5) is 24.8. The second kappa shape index (κ2) is 10.9. The van der Waals surface area contributed by atoms with E-state index in [0.717, 1.165) is 11.3 Å². The second-order valence-electron chi connectivity index (χ2n) is 8.03. The molecule has 36 heavy (non-hydrogen) atoms. The van der Waals surface area contributed by atoms with Crippen molar-refractivity contribution in [3.05, 3.63) is 70.0 Å². The Morgan fingerprint density at radius 3 is 2.47 bits per heavy atom. The quantitative estimate of drug-likeness (QED) is 0.424. The normalized spacial score (nSPS) is 12.0. The van der Waals surface area contributed by atoms with E-state index in [1.54, 1.807) is 16.8 Å². The summed E-state index contributed by atoms with van der Waals surface area (Å²) in [7, 11) is -3.80. The zero-order valence-corrected chi connectivity index (χ0v) is 21.4. The van der Waals surface area contributed by atoms with Crippen LogP contribution in [0.2, 0.25) is 5.02 Å². The first-order valence-corrected chi connectivity index (χ1v) is 12.7. The van der Waals surface area contributed by atoms with Crippen LogP contribution >= 0.6 is 11.6 Å². The molecule has 2 aromatic carbocycles. The number of nitrogens with two attached hydrogens (primary N) is 1. The molecule has 0 radical (unpaired) electrons. The zero-order valence-electron chi connectivity index (χ0n) is 19.8. The Morgan fingerprint density at radius 1 is 1.22 bits per heavy atom. The van der Waals surface area contributed by atoms with Gasteiger partial charge in [-0.15, -0.1) is 0 Å². The molecule has 0 saturated heterocycles. The number of sulfonamides is 1. The van der Waals surface area contributed by atoms with E-state index in [-0.39, 0.29) is 21.9 Å². The fourth-order valence-corrected chi connectivity index (χ4v) is 4.27. The van der Waals surface area contributed by atoms with Crippen molar-refractivity contribution in [2.24, 2.45) is 5.14 Å². The maximum atomic E-state index is 12.4. The van der Waals surface area contributed by atoms with Gasteiger partial charge in [-0.1, -0.05) is 11.6 Å². The average molecular weight is 530 g/mol. The molecule has 188 valence electrons. The number of aromatic nitrogens is 2. The SMILES string of the molecule is Cc1nn(-c2ccc(S(N)(=O)=O)cc2)c(C)c1CCC(=O)OC(C)C(=O)Nc1ccc(C#N)c(Cl)c1. The molecular weight excluding hydrogens is 506 g/mol. The third-order valence-electron chi connectivity index (χ3n) is 5.46. The van der Waals surface area contributed by atoms with Crippen molar-refractivity contribution in [3.8, 4) is 11.8 Å². The van der Waals surface area contributed by atoms with Gasteiger partial charge in [0.2, 0.25) is 10.0 Å². The third kappa shape index (κ3) is 6.28.